The lowest BCUT2D eigenvalue weighted by molar-refractivity contribution is -0.271. The number of amides is 2. The summed E-state index contributed by atoms with van der Waals surface area (Å²) in [5.74, 6) is -3.12. The molecule has 16 nitrogen and oxygen atoms in total. The molecule has 1 aromatic carbocycles. The van der Waals surface area contributed by atoms with Crippen LogP contribution in [0.4, 0.5) is 5.69 Å². The fourth-order valence-electron chi connectivity index (χ4n) is 3.80. The van der Waals surface area contributed by atoms with Crippen molar-refractivity contribution in [3.05, 3.63) is 35.7 Å². The molecule has 7 N–H and O–H groups in total. The molecule has 0 saturated carbocycles. The highest BCUT2D eigenvalue weighted by molar-refractivity contribution is 7.92. The zero-order valence-electron chi connectivity index (χ0n) is 23.4. The van der Waals surface area contributed by atoms with Gasteiger partial charge in [-0.3, -0.25) is 14.4 Å². The van der Waals surface area contributed by atoms with E-state index in [2.05, 4.69) is 21.9 Å². The fraction of sp³-hybridized carbons (Fsp3) is 0.538. The first-order valence-electron chi connectivity index (χ1n) is 13.3. The van der Waals surface area contributed by atoms with Gasteiger partial charge in [0.05, 0.1) is 5.69 Å². The number of anilines is 1. The Balaban J connectivity index is 1.96. The lowest BCUT2D eigenvalue weighted by atomic mass is 9.99. The van der Waals surface area contributed by atoms with Crippen LogP contribution in [0.15, 0.2) is 30.2 Å². The molecule has 43 heavy (non-hydrogen) atoms. The minimum atomic E-state index is -3.49. The highest BCUT2D eigenvalue weighted by Gasteiger charge is 2.48. The van der Waals surface area contributed by atoms with E-state index in [9.17, 15) is 48.0 Å². The molecule has 2 rings (SSSR count). The number of hydrogen-bond acceptors (Lipinski definition) is 12. The number of sulfonamides is 1. The Morgan fingerprint density at radius 1 is 1.00 bits per heavy atom. The molecular weight excluding hydrogens is 594 g/mol. The zero-order chi connectivity index (χ0) is 32.2. The van der Waals surface area contributed by atoms with Gasteiger partial charge in [-0.1, -0.05) is 19.1 Å². The third-order valence-corrected chi connectivity index (χ3v) is 7.14. The largest absolute Gasteiger partial charge is 0.479 e. The molecule has 0 aliphatic carbocycles. The first-order chi connectivity index (χ1) is 20.2. The monoisotopic (exact) mass is 631 g/mol. The Morgan fingerprint density at radius 2 is 1.72 bits per heavy atom. The summed E-state index contributed by atoms with van der Waals surface area (Å²) in [6, 6.07) is 4.21. The number of benzene rings is 1. The highest BCUT2D eigenvalue weighted by atomic mass is 32.2. The summed E-state index contributed by atoms with van der Waals surface area (Å²) in [6.45, 7) is 4.46. The van der Waals surface area contributed by atoms with E-state index >= 15 is 0 Å². The van der Waals surface area contributed by atoms with Crippen molar-refractivity contribution in [2.75, 3.05) is 18.4 Å². The Kier molecular flexibility index (Phi) is 14.0. The first kappa shape index (κ1) is 35.6. The molecule has 1 aliphatic rings. The topological polar surface area (TPSA) is 247 Å². The molecule has 1 heterocycles. The Bertz CT molecular complexity index is 1260. The van der Waals surface area contributed by atoms with E-state index in [1.165, 1.54) is 25.1 Å². The van der Waals surface area contributed by atoms with Crippen molar-refractivity contribution in [3.63, 3.8) is 0 Å². The van der Waals surface area contributed by atoms with Crippen LogP contribution in [0, 0.1) is 0 Å². The summed E-state index contributed by atoms with van der Waals surface area (Å²) in [7, 11) is -3.49. The number of rotatable bonds is 17. The maximum Gasteiger partial charge on any atom is 0.335 e. The summed E-state index contributed by atoms with van der Waals surface area (Å²) in [4.78, 5) is 47.3. The minimum absolute atomic E-state index is 0.0120. The number of aliphatic hydroxyl groups is 3. The summed E-state index contributed by atoms with van der Waals surface area (Å²) in [5.41, 5.74) is 0.462. The van der Waals surface area contributed by atoms with Crippen molar-refractivity contribution in [3.8, 4) is 5.75 Å². The van der Waals surface area contributed by atoms with Gasteiger partial charge >= 0.3 is 11.9 Å². The highest BCUT2D eigenvalue weighted by Crippen LogP contribution is 2.31. The molecule has 2 amide bonds. The number of ether oxygens (including phenoxy) is 3. The van der Waals surface area contributed by atoms with E-state index in [1.54, 1.807) is 0 Å². The van der Waals surface area contributed by atoms with Crippen LogP contribution in [0.1, 0.15) is 44.6 Å². The van der Waals surface area contributed by atoms with Gasteiger partial charge in [0.25, 0.3) is 0 Å². The molecule has 1 aliphatic heterocycles. The number of aliphatic hydroxyl groups excluding tert-OH is 3. The zero-order valence-corrected chi connectivity index (χ0v) is 24.2. The molecule has 240 valence electrons. The molecule has 1 aromatic rings. The van der Waals surface area contributed by atoms with Crippen molar-refractivity contribution in [1.82, 2.24) is 10.0 Å². The quantitative estimate of drug-likeness (QED) is 0.0814. The van der Waals surface area contributed by atoms with Gasteiger partial charge < -0.3 is 45.3 Å². The molecule has 5 atom stereocenters. The van der Waals surface area contributed by atoms with E-state index in [0.717, 1.165) is 5.41 Å². The van der Waals surface area contributed by atoms with Gasteiger partial charge in [-0.2, -0.15) is 0 Å². The number of aliphatic carboxylic acids is 1. The van der Waals surface area contributed by atoms with Crippen molar-refractivity contribution in [2.24, 2.45) is 0 Å². The van der Waals surface area contributed by atoms with Gasteiger partial charge in [0.15, 0.2) is 6.10 Å². The Hall–Kier alpha value is -3.61. The van der Waals surface area contributed by atoms with Crippen LogP contribution in [0.3, 0.4) is 0 Å². The van der Waals surface area contributed by atoms with Crippen molar-refractivity contribution in [1.29, 1.82) is 0 Å². The van der Waals surface area contributed by atoms with Crippen LogP contribution >= 0.6 is 0 Å². The number of carboxylic acids is 1. The van der Waals surface area contributed by atoms with Crippen LogP contribution in [0.5, 0.6) is 5.75 Å². The summed E-state index contributed by atoms with van der Waals surface area (Å²) < 4.78 is 40.6. The number of esters is 1. The van der Waals surface area contributed by atoms with Crippen LogP contribution in [0.2, 0.25) is 0 Å². The summed E-state index contributed by atoms with van der Waals surface area (Å²) in [5, 5.41) is 45.5. The standard InChI is InChI=1S/C26H37N3O13S/c1-3-43(38,39)28-11-6-4-5-7-19(31)27-12-10-20(32)29-17-13-16(14-40-15(2)30)8-9-18(17)41-26-23(35)21(33)22(34)24(42-26)25(36)37/h3,8-9,13,21-24,26,28,33-35H,1,4-7,10-12,14H2,2H3,(H,27,31)(H,29,32)(H,36,37)/t21-,22-,23+,24-,26+/m0/s1. The van der Waals surface area contributed by atoms with E-state index in [4.69, 9.17) is 14.2 Å². The van der Waals surface area contributed by atoms with E-state index in [1.807, 2.05) is 0 Å². The predicted octanol–water partition coefficient (Wildman–Crippen LogP) is -0.911. The average Bonchev–Trinajstić information content (AvgIpc) is 2.94. The van der Waals surface area contributed by atoms with Gasteiger partial charge in [-0.05, 0) is 30.5 Å². The van der Waals surface area contributed by atoms with Crippen molar-refractivity contribution >= 4 is 39.5 Å². The van der Waals surface area contributed by atoms with Gasteiger partial charge in [-0.15, -0.1) is 0 Å². The SMILES string of the molecule is C=CS(=O)(=O)NCCCCCC(=O)NCCC(=O)Nc1cc(COC(C)=O)ccc1O[C@@H]1O[C@H](C(=O)O)[C@@H](O)[C@H](O)[C@H]1O. The van der Waals surface area contributed by atoms with E-state index in [-0.39, 0.29) is 49.9 Å². The van der Waals surface area contributed by atoms with Gasteiger partial charge in [0.1, 0.15) is 30.7 Å². The average molecular weight is 632 g/mol. The van der Waals surface area contributed by atoms with E-state index in [0.29, 0.717) is 24.8 Å². The van der Waals surface area contributed by atoms with Crippen LogP contribution in [0.25, 0.3) is 0 Å². The smallest absolute Gasteiger partial charge is 0.335 e. The second-order valence-corrected chi connectivity index (χ2v) is 11.2. The number of carboxylic acid groups (broad SMARTS) is 1. The van der Waals surface area contributed by atoms with Crippen LogP contribution in [-0.2, 0) is 45.3 Å². The van der Waals surface area contributed by atoms with Gasteiger partial charge in [0.2, 0.25) is 28.1 Å². The Morgan fingerprint density at radius 3 is 2.37 bits per heavy atom. The van der Waals surface area contributed by atoms with Gasteiger partial charge in [0, 0.05) is 38.3 Å². The molecule has 0 spiro atoms. The fourth-order valence-corrected chi connectivity index (χ4v) is 4.35. The maximum absolute atomic E-state index is 12.7. The molecule has 0 bridgehead atoms. The lowest BCUT2D eigenvalue weighted by Crippen LogP contribution is -2.61. The molecule has 17 heteroatoms. The van der Waals surface area contributed by atoms with Crippen LogP contribution < -0.4 is 20.1 Å². The predicted molar refractivity (Wildman–Crippen MR) is 149 cm³/mol. The molecule has 1 saturated heterocycles. The molecular formula is C26H37N3O13S. The third-order valence-electron chi connectivity index (χ3n) is 6.09. The number of unbranched alkanes of at least 4 members (excludes halogenated alkanes) is 2. The van der Waals surface area contributed by atoms with Crippen molar-refractivity contribution < 1.29 is 62.2 Å². The van der Waals surface area contributed by atoms with Crippen LogP contribution in [-0.4, -0.2) is 96.4 Å². The summed E-state index contributed by atoms with van der Waals surface area (Å²) in [6.07, 6.45) is -7.67. The number of nitrogens with one attached hydrogen (secondary N) is 3. The number of carbonyl (C=O) groups is 4. The number of hydrogen-bond donors (Lipinski definition) is 7. The molecule has 0 radical (unpaired) electrons. The van der Waals surface area contributed by atoms with Crippen molar-refractivity contribution in [2.45, 2.75) is 76.3 Å². The molecule has 0 aromatic heterocycles. The maximum atomic E-state index is 12.7. The first-order valence-corrected chi connectivity index (χ1v) is 14.8. The normalized spacial score (nSPS) is 21.8. The minimum Gasteiger partial charge on any atom is -0.479 e. The summed E-state index contributed by atoms with van der Waals surface area (Å²) >= 11 is 0. The Labute approximate surface area is 248 Å². The van der Waals surface area contributed by atoms with E-state index < -0.39 is 58.6 Å². The second kappa shape index (κ2) is 16.9. The molecule has 1 fully saturated rings. The number of carbonyl (C=O) groups excluding carboxylic acids is 3. The second-order valence-electron chi connectivity index (χ2n) is 9.53. The third kappa shape index (κ3) is 11.9. The van der Waals surface area contributed by atoms with Gasteiger partial charge in [-0.25, -0.2) is 17.9 Å². The lowest BCUT2D eigenvalue weighted by Gasteiger charge is -2.38. The molecule has 0 unspecified atom stereocenters.